The van der Waals surface area contributed by atoms with Gasteiger partial charge in [0.05, 0.1) is 10.1 Å². The van der Waals surface area contributed by atoms with E-state index >= 15 is 0 Å². The van der Waals surface area contributed by atoms with Crippen molar-refractivity contribution in [3.8, 4) is 0 Å². The predicted octanol–water partition coefficient (Wildman–Crippen LogP) is -2.71. The molecule has 76 valence electrons. The molecule has 2 N–H and O–H groups in total. The second-order valence-corrected chi connectivity index (χ2v) is 5.22. The number of hydrogen-bond acceptors (Lipinski definition) is 7. The van der Waals surface area contributed by atoms with Crippen molar-refractivity contribution in [2.75, 3.05) is 0 Å². The van der Waals surface area contributed by atoms with Gasteiger partial charge in [-0.2, -0.15) is 8.42 Å². The fourth-order valence-electron chi connectivity index (χ4n) is 0. The maximum atomic E-state index is 9.16. The van der Waals surface area contributed by atoms with E-state index in [2.05, 4.69) is 0 Å². The van der Waals surface area contributed by atoms with E-state index in [9.17, 15) is 0 Å². The number of rotatable bonds is 1. The average Bonchev–Trinajstić information content (AvgIpc) is 1.55. The van der Waals surface area contributed by atoms with E-state index < -0.39 is 29.7 Å². The third kappa shape index (κ3) is 32.4. The van der Waals surface area contributed by atoms with Gasteiger partial charge in [0.1, 0.15) is 0 Å². The Hall–Kier alpha value is 0.656. The Labute approximate surface area is 91.7 Å². The first-order valence-corrected chi connectivity index (χ1v) is 6.10. The molecule has 0 bridgehead atoms. The molecular formula is H2MgO9S3. The van der Waals surface area contributed by atoms with Crippen LogP contribution >= 0.6 is 0 Å². The fourth-order valence-corrected chi connectivity index (χ4v) is 0. The minimum atomic E-state index is -5.07. The molecule has 0 aromatic carbocycles. The molecule has 0 amide bonds. The molecule has 0 aliphatic carbocycles. The minimum Gasteiger partial charge on any atom is -0.761 e. The van der Waals surface area contributed by atoms with Crippen molar-refractivity contribution in [3.05, 3.63) is 0 Å². The van der Waals surface area contributed by atoms with E-state index in [1.165, 1.54) is 0 Å². The molecule has 13 heavy (non-hydrogen) atoms. The summed E-state index contributed by atoms with van der Waals surface area (Å²) in [5, 5.41) is 0. The van der Waals surface area contributed by atoms with Gasteiger partial charge in [-0.25, -0.2) is 8.42 Å². The number of hydrogen-bond donors (Lipinski definition) is 2. The zero-order chi connectivity index (χ0) is 10.6. The second-order valence-electron chi connectivity index (χ2n) is 1.06. The van der Waals surface area contributed by atoms with Crippen molar-refractivity contribution in [2.24, 2.45) is 0 Å². The molecule has 0 aromatic rings. The van der Waals surface area contributed by atoms with E-state index in [-0.39, 0.29) is 23.1 Å². The molecular weight excluding hydrogens is 264 g/mol. The first-order chi connectivity index (χ1) is 4.94. The monoisotopic (exact) mass is 266 g/mol. The summed E-state index contributed by atoms with van der Waals surface area (Å²) in [6.45, 7) is 0. The molecule has 0 heterocycles. The van der Waals surface area contributed by atoms with Crippen molar-refractivity contribution >= 4 is 52.7 Å². The van der Waals surface area contributed by atoms with E-state index in [1.54, 1.807) is 0 Å². The second kappa shape index (κ2) is 7.02. The summed E-state index contributed by atoms with van der Waals surface area (Å²) < 4.78 is 77.3. The van der Waals surface area contributed by atoms with Crippen LogP contribution in [0, 0.1) is 0 Å². The molecule has 9 nitrogen and oxygen atoms in total. The van der Waals surface area contributed by atoms with Gasteiger partial charge in [-0.05, 0) is 0 Å². The summed E-state index contributed by atoms with van der Waals surface area (Å²) in [5.41, 5.74) is 0. The van der Waals surface area contributed by atoms with Crippen LogP contribution in [0.25, 0.3) is 0 Å². The van der Waals surface area contributed by atoms with Crippen LogP contribution in [0.2, 0.25) is 0 Å². The minimum absolute atomic E-state index is 0. The van der Waals surface area contributed by atoms with Crippen molar-refractivity contribution in [3.63, 3.8) is 0 Å². The van der Waals surface area contributed by atoms with Crippen LogP contribution in [0.1, 0.15) is 0 Å². The van der Waals surface area contributed by atoms with Crippen LogP contribution in [0.3, 0.4) is 0 Å². The van der Waals surface area contributed by atoms with Gasteiger partial charge in [0.15, 0.2) is 9.15 Å². The third-order valence-corrected chi connectivity index (χ3v) is 1.50. The zero-order valence-corrected chi connectivity index (χ0v) is 9.55. The van der Waals surface area contributed by atoms with Crippen molar-refractivity contribution in [1.82, 2.24) is 0 Å². The van der Waals surface area contributed by atoms with Crippen molar-refractivity contribution in [1.29, 1.82) is 0 Å². The molecule has 13 heteroatoms. The van der Waals surface area contributed by atoms with Crippen LogP contribution in [-0.2, 0) is 29.7 Å². The van der Waals surface area contributed by atoms with Gasteiger partial charge in [-0.15, -0.1) is 0 Å². The Kier molecular flexibility index (Phi) is 10.4. The SMILES string of the molecule is O=S(=O)(O)O.O=S([O-])S(=O)(=O)[O-].[Mg+2]. The normalized spacial score (nSPS) is 13.2. The molecule has 0 aliphatic rings. The zero-order valence-electron chi connectivity index (χ0n) is 5.68. The quantitative estimate of drug-likeness (QED) is 0.221. The molecule has 0 aliphatic heterocycles. The summed E-state index contributed by atoms with van der Waals surface area (Å²) in [6.07, 6.45) is 0. The maximum Gasteiger partial charge on any atom is 2.00 e. The fraction of sp³-hybridized carbons (Fsp3) is 0. The third-order valence-electron chi connectivity index (χ3n) is 0.167. The Morgan fingerprint density at radius 3 is 1.15 bits per heavy atom. The van der Waals surface area contributed by atoms with Gasteiger partial charge in [0, 0.05) is 0 Å². The molecule has 0 aromatic heterocycles. The van der Waals surface area contributed by atoms with Crippen molar-refractivity contribution < 1.29 is 39.3 Å². The van der Waals surface area contributed by atoms with Gasteiger partial charge < -0.3 is 9.11 Å². The van der Waals surface area contributed by atoms with Crippen LogP contribution in [-0.4, -0.2) is 62.3 Å². The summed E-state index contributed by atoms with van der Waals surface area (Å²) in [5.74, 6) is 0. The van der Waals surface area contributed by atoms with Crippen LogP contribution in [0.4, 0.5) is 0 Å². The van der Waals surface area contributed by atoms with Crippen LogP contribution in [0.5, 0.6) is 0 Å². The van der Waals surface area contributed by atoms with Gasteiger partial charge in [0.25, 0.3) is 0 Å². The Morgan fingerprint density at radius 2 is 1.15 bits per heavy atom. The van der Waals surface area contributed by atoms with Crippen LogP contribution in [0.15, 0.2) is 0 Å². The molecule has 1 atom stereocenters. The van der Waals surface area contributed by atoms with E-state index in [0.717, 1.165) is 0 Å². The Morgan fingerprint density at radius 1 is 1.08 bits per heavy atom. The Bertz CT molecular complexity index is 323. The summed E-state index contributed by atoms with van der Waals surface area (Å²) in [6, 6.07) is 0. The first-order valence-electron chi connectivity index (χ1n) is 1.70. The standard InChI is InChI=1S/Mg.H2O5S2.H2O4S/c;1-6(2)7(3,4)5;1-5(2,3)4/h;(H,1,2)(H,3,4,5);(H2,1,2,3,4)/q+2;;/p-2. The topological polar surface area (TPSA) is 172 Å². The van der Waals surface area contributed by atoms with Gasteiger partial charge in [-0.1, -0.05) is 0 Å². The van der Waals surface area contributed by atoms with E-state index in [0.29, 0.717) is 0 Å². The molecule has 0 saturated heterocycles. The van der Waals surface area contributed by atoms with E-state index in [4.69, 9.17) is 39.3 Å². The molecule has 0 radical (unpaired) electrons. The van der Waals surface area contributed by atoms with E-state index in [1.807, 2.05) is 0 Å². The molecule has 0 spiro atoms. The summed E-state index contributed by atoms with van der Waals surface area (Å²) >= 11 is 0. The summed E-state index contributed by atoms with van der Waals surface area (Å²) in [4.78, 5) is 0. The summed E-state index contributed by atoms with van der Waals surface area (Å²) in [7, 11) is -13.3. The van der Waals surface area contributed by atoms with Gasteiger partial charge >= 0.3 is 33.5 Å². The van der Waals surface area contributed by atoms with Crippen LogP contribution < -0.4 is 0 Å². The average molecular weight is 267 g/mol. The van der Waals surface area contributed by atoms with Gasteiger partial charge in [0.2, 0.25) is 0 Å². The molecule has 0 rings (SSSR count). The van der Waals surface area contributed by atoms with Gasteiger partial charge in [-0.3, -0.25) is 13.3 Å². The Balaban J connectivity index is -0.000000150. The molecule has 0 fully saturated rings. The smallest absolute Gasteiger partial charge is 0.761 e. The molecule has 1 unspecified atom stereocenters. The largest absolute Gasteiger partial charge is 2.00 e. The predicted molar refractivity (Wildman–Crippen MR) is 38.5 cm³/mol. The molecule has 0 saturated carbocycles. The maximum absolute atomic E-state index is 9.16. The first kappa shape index (κ1) is 19.3. The van der Waals surface area contributed by atoms with Crippen molar-refractivity contribution in [2.45, 2.75) is 0 Å².